The number of hydrogen-bond acceptors (Lipinski definition) is 5. The van der Waals surface area contributed by atoms with E-state index in [1.807, 2.05) is 6.07 Å². The maximum absolute atomic E-state index is 12.3. The van der Waals surface area contributed by atoms with Gasteiger partial charge in [-0.2, -0.15) is 5.10 Å². The van der Waals surface area contributed by atoms with Gasteiger partial charge in [0.1, 0.15) is 18.0 Å². The maximum Gasteiger partial charge on any atom is 0.267 e. The summed E-state index contributed by atoms with van der Waals surface area (Å²) in [6.07, 6.45) is 5.49. The Morgan fingerprint density at radius 2 is 1.93 bits per heavy atom. The number of carbonyl (C=O) groups excluding carboxylic acids is 1. The van der Waals surface area contributed by atoms with Crippen LogP contribution in [0.15, 0.2) is 35.1 Å². The molecule has 1 N–H and O–H groups in total. The molecule has 0 radical (unpaired) electrons. The third kappa shape index (κ3) is 4.67. The van der Waals surface area contributed by atoms with E-state index >= 15 is 0 Å². The number of rotatable bonds is 6. The predicted octanol–water partition coefficient (Wildman–Crippen LogP) is 2.38. The van der Waals surface area contributed by atoms with Gasteiger partial charge in [0.25, 0.3) is 5.56 Å². The van der Waals surface area contributed by atoms with E-state index in [-0.39, 0.29) is 24.1 Å². The lowest BCUT2D eigenvalue weighted by molar-refractivity contribution is -0.122. The lowest BCUT2D eigenvalue weighted by atomic mass is 9.95. The molecule has 7 nitrogen and oxygen atoms in total. The topological polar surface area (TPSA) is 82.5 Å². The minimum atomic E-state index is -0.315. The predicted molar refractivity (Wildman–Crippen MR) is 102 cm³/mol. The second-order valence-corrected chi connectivity index (χ2v) is 6.68. The van der Waals surface area contributed by atoms with E-state index < -0.39 is 0 Å². The number of carbonyl (C=O) groups is 1. The van der Waals surface area contributed by atoms with Gasteiger partial charge in [-0.3, -0.25) is 9.59 Å². The van der Waals surface area contributed by atoms with Crippen molar-refractivity contribution in [2.45, 2.75) is 44.7 Å². The smallest absolute Gasteiger partial charge is 0.267 e. The van der Waals surface area contributed by atoms with Crippen LogP contribution in [0.25, 0.3) is 11.3 Å². The molecule has 1 aliphatic rings. The van der Waals surface area contributed by atoms with Crippen LogP contribution in [-0.4, -0.2) is 35.9 Å². The third-order valence-corrected chi connectivity index (χ3v) is 4.81. The fourth-order valence-electron chi connectivity index (χ4n) is 3.37. The second-order valence-electron chi connectivity index (χ2n) is 6.68. The molecule has 1 aliphatic carbocycles. The summed E-state index contributed by atoms with van der Waals surface area (Å²) in [6, 6.07) is 8.61. The van der Waals surface area contributed by atoms with Crippen molar-refractivity contribution in [1.29, 1.82) is 0 Å². The number of hydrogen-bond donors (Lipinski definition) is 1. The molecular weight excluding hydrogens is 346 g/mol. The highest BCUT2D eigenvalue weighted by Crippen LogP contribution is 2.31. The first-order chi connectivity index (χ1) is 13.1. The van der Waals surface area contributed by atoms with Gasteiger partial charge in [-0.1, -0.05) is 19.3 Å². The molecular formula is C20H25N3O4. The average molecular weight is 371 g/mol. The Bertz CT molecular complexity index is 857. The van der Waals surface area contributed by atoms with Gasteiger partial charge in [-0.25, -0.2) is 4.68 Å². The zero-order valence-electron chi connectivity index (χ0n) is 15.7. The monoisotopic (exact) mass is 371 g/mol. The Morgan fingerprint density at radius 1 is 1.15 bits per heavy atom. The van der Waals surface area contributed by atoms with Crippen molar-refractivity contribution in [2.24, 2.45) is 0 Å². The number of nitrogens with one attached hydrogen (secondary N) is 1. The van der Waals surface area contributed by atoms with Crippen molar-refractivity contribution in [3.63, 3.8) is 0 Å². The van der Waals surface area contributed by atoms with Crippen LogP contribution >= 0.6 is 0 Å². The quantitative estimate of drug-likeness (QED) is 0.843. The molecule has 0 unspecified atom stereocenters. The largest absolute Gasteiger partial charge is 0.497 e. The zero-order valence-corrected chi connectivity index (χ0v) is 15.7. The first kappa shape index (κ1) is 18.9. The van der Waals surface area contributed by atoms with Crippen molar-refractivity contribution in [3.8, 4) is 22.8 Å². The van der Waals surface area contributed by atoms with Gasteiger partial charge in [-0.05, 0) is 31.0 Å². The minimum absolute atomic E-state index is 0.0956. The number of ether oxygens (including phenoxy) is 2. The molecule has 0 saturated heterocycles. The first-order valence-electron chi connectivity index (χ1n) is 9.20. The average Bonchev–Trinajstić information content (AvgIpc) is 2.70. The van der Waals surface area contributed by atoms with E-state index in [4.69, 9.17) is 9.47 Å². The van der Waals surface area contributed by atoms with Crippen molar-refractivity contribution in [1.82, 2.24) is 15.1 Å². The highest BCUT2D eigenvalue weighted by molar-refractivity contribution is 5.76. The van der Waals surface area contributed by atoms with Crippen LogP contribution < -0.4 is 20.3 Å². The summed E-state index contributed by atoms with van der Waals surface area (Å²) in [7, 11) is 3.14. The highest BCUT2D eigenvalue weighted by Gasteiger charge is 2.17. The lowest BCUT2D eigenvalue weighted by Crippen LogP contribution is -2.40. The Morgan fingerprint density at radius 3 is 2.63 bits per heavy atom. The first-order valence-corrected chi connectivity index (χ1v) is 9.20. The van der Waals surface area contributed by atoms with Gasteiger partial charge < -0.3 is 14.8 Å². The van der Waals surface area contributed by atoms with Gasteiger partial charge in [0.05, 0.1) is 19.9 Å². The van der Waals surface area contributed by atoms with E-state index in [1.54, 1.807) is 32.4 Å². The molecule has 0 aliphatic heterocycles. The maximum atomic E-state index is 12.3. The normalized spacial score (nSPS) is 14.6. The Hall–Kier alpha value is -2.83. The Balaban J connectivity index is 1.80. The van der Waals surface area contributed by atoms with Crippen LogP contribution in [0.2, 0.25) is 0 Å². The van der Waals surface area contributed by atoms with E-state index in [0.717, 1.165) is 31.2 Å². The molecule has 1 aromatic carbocycles. The molecule has 1 amide bonds. The zero-order chi connectivity index (χ0) is 19.2. The van der Waals surface area contributed by atoms with E-state index in [0.29, 0.717) is 17.2 Å². The fraction of sp³-hybridized carbons (Fsp3) is 0.450. The van der Waals surface area contributed by atoms with Crippen molar-refractivity contribution < 1.29 is 14.3 Å². The van der Waals surface area contributed by atoms with Crippen LogP contribution in [0.5, 0.6) is 11.5 Å². The molecule has 0 bridgehead atoms. The third-order valence-electron chi connectivity index (χ3n) is 4.81. The van der Waals surface area contributed by atoms with Gasteiger partial charge in [0.2, 0.25) is 5.91 Å². The Kier molecular flexibility index (Phi) is 6.11. The van der Waals surface area contributed by atoms with Gasteiger partial charge in [0, 0.05) is 23.7 Å². The van der Waals surface area contributed by atoms with E-state index in [2.05, 4.69) is 10.4 Å². The fourth-order valence-corrected chi connectivity index (χ4v) is 3.37. The SMILES string of the molecule is COc1ccc(-c2ccc(=O)n(CC(=O)NC3CCCCC3)n2)c(OC)c1. The summed E-state index contributed by atoms with van der Waals surface area (Å²) in [5.74, 6) is 1.06. The highest BCUT2D eigenvalue weighted by atomic mass is 16.5. The molecule has 1 heterocycles. The second kappa shape index (κ2) is 8.70. The summed E-state index contributed by atoms with van der Waals surface area (Å²) < 4.78 is 11.8. The number of benzene rings is 1. The summed E-state index contributed by atoms with van der Waals surface area (Å²) >= 11 is 0. The molecule has 1 fully saturated rings. The van der Waals surface area contributed by atoms with Crippen molar-refractivity contribution in [2.75, 3.05) is 14.2 Å². The van der Waals surface area contributed by atoms with Crippen LogP contribution in [0.4, 0.5) is 0 Å². The number of amides is 1. The molecule has 144 valence electrons. The number of nitrogens with zero attached hydrogens (tertiary/aromatic N) is 2. The molecule has 0 spiro atoms. The summed E-state index contributed by atoms with van der Waals surface area (Å²) in [4.78, 5) is 24.5. The van der Waals surface area contributed by atoms with Crippen molar-refractivity contribution >= 4 is 5.91 Å². The van der Waals surface area contributed by atoms with Gasteiger partial charge >= 0.3 is 0 Å². The summed E-state index contributed by atoms with van der Waals surface area (Å²) in [5, 5.41) is 7.37. The van der Waals surface area contributed by atoms with Gasteiger partial charge in [-0.15, -0.1) is 0 Å². The minimum Gasteiger partial charge on any atom is -0.497 e. The van der Waals surface area contributed by atoms with Crippen molar-refractivity contribution in [3.05, 3.63) is 40.7 Å². The van der Waals surface area contributed by atoms with Crippen LogP contribution in [-0.2, 0) is 11.3 Å². The van der Waals surface area contributed by atoms with Gasteiger partial charge in [0.15, 0.2) is 0 Å². The molecule has 7 heteroatoms. The number of methoxy groups -OCH3 is 2. The molecule has 0 atom stereocenters. The lowest BCUT2D eigenvalue weighted by Gasteiger charge is -2.22. The summed E-state index contributed by atoms with van der Waals surface area (Å²) in [5.41, 5.74) is 0.962. The van der Waals surface area contributed by atoms with E-state index in [1.165, 1.54) is 17.2 Å². The molecule has 27 heavy (non-hydrogen) atoms. The van der Waals surface area contributed by atoms with Crippen LogP contribution in [0.3, 0.4) is 0 Å². The van der Waals surface area contributed by atoms with Crippen LogP contribution in [0.1, 0.15) is 32.1 Å². The standard InChI is InChI=1S/C20H25N3O4/c1-26-15-8-9-16(18(12-15)27-2)17-10-11-20(25)23(22-17)13-19(24)21-14-6-4-3-5-7-14/h8-12,14H,3-7,13H2,1-2H3,(H,21,24). The summed E-state index contributed by atoms with van der Waals surface area (Å²) in [6.45, 7) is -0.0956. The van der Waals surface area contributed by atoms with Crippen LogP contribution in [0, 0.1) is 0 Å². The molecule has 1 saturated carbocycles. The van der Waals surface area contributed by atoms with E-state index in [9.17, 15) is 9.59 Å². The molecule has 3 rings (SSSR count). The number of aromatic nitrogens is 2. The molecule has 1 aromatic heterocycles. The Labute approximate surface area is 158 Å². The molecule has 2 aromatic rings.